The van der Waals surface area contributed by atoms with Gasteiger partial charge >= 0.3 is 5.00 Å². The average molecular weight is 270 g/mol. The lowest BCUT2D eigenvalue weighted by Crippen LogP contribution is -2.36. The first-order valence-electron chi connectivity index (χ1n) is 6.19. The van der Waals surface area contributed by atoms with Crippen LogP contribution in [0.3, 0.4) is 0 Å². The summed E-state index contributed by atoms with van der Waals surface area (Å²) >= 11 is 1.19. The van der Waals surface area contributed by atoms with Crippen molar-refractivity contribution in [2.45, 2.75) is 32.4 Å². The molecular weight excluding hydrogens is 252 g/mol. The van der Waals surface area contributed by atoms with Gasteiger partial charge in [0.15, 0.2) is 0 Å². The largest absolute Gasteiger partial charge is 0.381 e. The van der Waals surface area contributed by atoms with Crippen LogP contribution in [0.2, 0.25) is 0 Å². The lowest BCUT2D eigenvalue weighted by molar-refractivity contribution is -0.380. The van der Waals surface area contributed by atoms with Crippen molar-refractivity contribution < 1.29 is 9.66 Å². The van der Waals surface area contributed by atoms with Gasteiger partial charge < -0.3 is 10.1 Å². The zero-order valence-corrected chi connectivity index (χ0v) is 11.2. The molecule has 1 N–H and O–H groups in total. The Bertz CT molecular complexity index is 402. The number of nitro groups is 1. The van der Waals surface area contributed by atoms with E-state index < -0.39 is 0 Å². The molecule has 0 saturated carbocycles. The standard InChI is InChI=1S/C12H18N2O3S/c1-9(11-2-4-17-5-3-11)13-7-10-6-12(14(15)16)18-8-10/h6,8-9,11,13H,2-5,7H2,1H3. The smallest absolute Gasteiger partial charge is 0.324 e. The van der Waals surface area contributed by atoms with Crippen LogP contribution in [-0.2, 0) is 11.3 Å². The van der Waals surface area contributed by atoms with Crippen molar-refractivity contribution in [2.24, 2.45) is 5.92 Å². The molecule has 0 radical (unpaired) electrons. The Morgan fingerprint density at radius 1 is 1.61 bits per heavy atom. The van der Waals surface area contributed by atoms with Crippen LogP contribution in [0, 0.1) is 16.0 Å². The number of ether oxygens (including phenoxy) is 1. The summed E-state index contributed by atoms with van der Waals surface area (Å²) in [7, 11) is 0. The Balaban J connectivity index is 1.80. The van der Waals surface area contributed by atoms with Gasteiger partial charge in [-0.25, -0.2) is 0 Å². The molecule has 100 valence electrons. The quantitative estimate of drug-likeness (QED) is 0.659. The molecule has 6 heteroatoms. The predicted octanol–water partition coefficient (Wildman–Crippen LogP) is 2.56. The van der Waals surface area contributed by atoms with Crippen LogP contribution in [0.25, 0.3) is 0 Å². The molecule has 2 heterocycles. The van der Waals surface area contributed by atoms with Gasteiger partial charge in [-0.2, -0.15) is 0 Å². The maximum Gasteiger partial charge on any atom is 0.324 e. The first-order chi connectivity index (χ1) is 8.66. The molecule has 0 aromatic carbocycles. The molecule has 1 aromatic rings. The fraction of sp³-hybridized carbons (Fsp3) is 0.667. The third-order valence-corrected chi connectivity index (χ3v) is 4.35. The van der Waals surface area contributed by atoms with Gasteiger partial charge in [-0.1, -0.05) is 11.3 Å². The van der Waals surface area contributed by atoms with Crippen LogP contribution in [0.4, 0.5) is 5.00 Å². The first-order valence-corrected chi connectivity index (χ1v) is 7.07. The molecule has 0 spiro atoms. The van der Waals surface area contributed by atoms with E-state index in [0.29, 0.717) is 18.5 Å². The van der Waals surface area contributed by atoms with Crippen LogP contribution in [-0.4, -0.2) is 24.2 Å². The van der Waals surface area contributed by atoms with Crippen molar-refractivity contribution in [1.29, 1.82) is 0 Å². The normalized spacial score (nSPS) is 18.7. The van der Waals surface area contributed by atoms with Crippen LogP contribution in [0.15, 0.2) is 11.4 Å². The summed E-state index contributed by atoms with van der Waals surface area (Å²) in [6.07, 6.45) is 2.19. The molecule has 1 saturated heterocycles. The van der Waals surface area contributed by atoms with E-state index in [9.17, 15) is 10.1 Å². The SMILES string of the molecule is CC(NCc1csc([N+](=O)[O-])c1)C1CCOCC1. The molecule has 1 aliphatic rings. The Morgan fingerprint density at radius 3 is 2.94 bits per heavy atom. The fourth-order valence-corrected chi connectivity index (χ4v) is 2.94. The van der Waals surface area contributed by atoms with Crippen molar-refractivity contribution in [2.75, 3.05) is 13.2 Å². The third kappa shape index (κ3) is 3.51. The highest BCUT2D eigenvalue weighted by Gasteiger charge is 2.20. The zero-order chi connectivity index (χ0) is 13.0. The minimum Gasteiger partial charge on any atom is -0.381 e. The number of nitrogens with one attached hydrogen (secondary N) is 1. The van der Waals surface area contributed by atoms with Gasteiger partial charge in [0.05, 0.1) is 4.92 Å². The second kappa shape index (κ2) is 6.26. The second-order valence-corrected chi connectivity index (χ2v) is 5.56. The molecular formula is C12H18N2O3S. The molecule has 0 amide bonds. The minimum absolute atomic E-state index is 0.213. The van der Waals surface area contributed by atoms with Crippen LogP contribution < -0.4 is 5.32 Å². The lowest BCUT2D eigenvalue weighted by Gasteiger charge is -2.28. The van der Waals surface area contributed by atoms with Crippen molar-refractivity contribution in [3.05, 3.63) is 27.1 Å². The number of rotatable bonds is 5. The highest BCUT2D eigenvalue weighted by Crippen LogP contribution is 2.23. The van der Waals surface area contributed by atoms with E-state index >= 15 is 0 Å². The Hall–Kier alpha value is -0.980. The monoisotopic (exact) mass is 270 g/mol. The van der Waals surface area contributed by atoms with Crippen molar-refractivity contribution in [3.8, 4) is 0 Å². The molecule has 1 aromatic heterocycles. The summed E-state index contributed by atoms with van der Waals surface area (Å²) in [6.45, 7) is 4.57. The second-order valence-electron chi connectivity index (χ2n) is 4.67. The first kappa shape index (κ1) is 13.5. The average Bonchev–Trinajstić information content (AvgIpc) is 2.86. The summed E-state index contributed by atoms with van der Waals surface area (Å²) in [5.74, 6) is 0.646. The molecule has 1 atom stereocenters. The summed E-state index contributed by atoms with van der Waals surface area (Å²) in [5, 5.41) is 16.1. The summed E-state index contributed by atoms with van der Waals surface area (Å²) in [4.78, 5) is 10.2. The van der Waals surface area contributed by atoms with Crippen molar-refractivity contribution >= 4 is 16.3 Å². The Morgan fingerprint density at radius 2 is 2.33 bits per heavy atom. The van der Waals surface area contributed by atoms with E-state index in [2.05, 4.69) is 12.2 Å². The molecule has 1 aliphatic heterocycles. The van der Waals surface area contributed by atoms with Crippen LogP contribution in [0.5, 0.6) is 0 Å². The van der Waals surface area contributed by atoms with Crippen LogP contribution in [0.1, 0.15) is 25.3 Å². The summed E-state index contributed by atoms with van der Waals surface area (Å²) in [6, 6.07) is 2.07. The highest BCUT2D eigenvalue weighted by molar-refractivity contribution is 7.13. The van der Waals surface area contributed by atoms with Gasteiger partial charge in [0.25, 0.3) is 0 Å². The third-order valence-electron chi connectivity index (χ3n) is 3.42. The molecule has 0 bridgehead atoms. The summed E-state index contributed by atoms with van der Waals surface area (Å²) < 4.78 is 5.34. The van der Waals surface area contributed by atoms with E-state index in [0.717, 1.165) is 31.6 Å². The Labute approximate surface area is 110 Å². The summed E-state index contributed by atoms with van der Waals surface area (Å²) in [5.41, 5.74) is 0.991. The number of thiophene rings is 1. The van der Waals surface area contributed by atoms with E-state index in [1.54, 1.807) is 6.07 Å². The van der Waals surface area contributed by atoms with Gasteiger partial charge in [-0.3, -0.25) is 10.1 Å². The maximum atomic E-state index is 10.6. The molecule has 1 fully saturated rings. The van der Waals surface area contributed by atoms with Gasteiger partial charge in [-0.15, -0.1) is 0 Å². The topological polar surface area (TPSA) is 64.4 Å². The van der Waals surface area contributed by atoms with E-state index in [-0.39, 0.29) is 9.92 Å². The van der Waals surface area contributed by atoms with Crippen molar-refractivity contribution in [3.63, 3.8) is 0 Å². The fourth-order valence-electron chi connectivity index (χ4n) is 2.21. The Kier molecular flexibility index (Phi) is 4.68. The molecule has 5 nitrogen and oxygen atoms in total. The number of nitrogens with zero attached hydrogens (tertiary/aromatic N) is 1. The lowest BCUT2D eigenvalue weighted by atomic mass is 9.93. The maximum absolute atomic E-state index is 10.6. The minimum atomic E-state index is -0.337. The van der Waals surface area contributed by atoms with E-state index in [1.165, 1.54) is 11.3 Å². The van der Waals surface area contributed by atoms with Gasteiger partial charge in [0, 0.05) is 37.2 Å². The number of hydrogen-bond acceptors (Lipinski definition) is 5. The molecule has 0 aliphatic carbocycles. The number of hydrogen-bond donors (Lipinski definition) is 1. The van der Waals surface area contributed by atoms with Crippen LogP contribution >= 0.6 is 11.3 Å². The highest BCUT2D eigenvalue weighted by atomic mass is 32.1. The van der Waals surface area contributed by atoms with Gasteiger partial charge in [0.2, 0.25) is 0 Å². The predicted molar refractivity (Wildman–Crippen MR) is 70.8 cm³/mol. The zero-order valence-electron chi connectivity index (χ0n) is 10.4. The molecule has 18 heavy (non-hydrogen) atoms. The van der Waals surface area contributed by atoms with Gasteiger partial charge in [0.1, 0.15) is 0 Å². The van der Waals surface area contributed by atoms with E-state index in [1.807, 2.05) is 5.38 Å². The van der Waals surface area contributed by atoms with Crippen molar-refractivity contribution in [1.82, 2.24) is 5.32 Å². The molecule has 1 unspecified atom stereocenters. The van der Waals surface area contributed by atoms with E-state index in [4.69, 9.17) is 4.74 Å². The van der Waals surface area contributed by atoms with Gasteiger partial charge in [-0.05, 0) is 31.2 Å². The molecule has 2 rings (SSSR count).